The van der Waals surface area contributed by atoms with E-state index in [1.807, 2.05) is 6.92 Å². The maximum atomic E-state index is 11.8. The van der Waals surface area contributed by atoms with Crippen LogP contribution in [0.5, 0.6) is 5.75 Å². The summed E-state index contributed by atoms with van der Waals surface area (Å²) >= 11 is 0. The summed E-state index contributed by atoms with van der Waals surface area (Å²) in [6, 6.07) is 6.53. The molecular formula is C17H25NO3. The standard InChI is InChI=1S/C17H25NO3/c1-2-14(19)10-6-4-3-5-9-13-18-17(21)15-11-7-8-12-16(15)20/h7-8,11-12,20H,2-6,9-10,13H2,1H3,(H,18,21). The number of phenols is 1. The molecular weight excluding hydrogens is 266 g/mol. The number of carbonyl (C=O) groups excluding carboxylic acids is 2. The van der Waals surface area contributed by atoms with Crippen LogP contribution in [0.3, 0.4) is 0 Å². The number of rotatable bonds is 10. The lowest BCUT2D eigenvalue weighted by molar-refractivity contribution is -0.118. The van der Waals surface area contributed by atoms with E-state index in [4.69, 9.17) is 0 Å². The van der Waals surface area contributed by atoms with Crippen LogP contribution in [0.1, 0.15) is 62.2 Å². The van der Waals surface area contributed by atoms with Crippen LogP contribution in [-0.2, 0) is 4.79 Å². The van der Waals surface area contributed by atoms with Gasteiger partial charge in [-0.3, -0.25) is 9.59 Å². The van der Waals surface area contributed by atoms with E-state index in [0.29, 0.717) is 30.7 Å². The highest BCUT2D eigenvalue weighted by Crippen LogP contribution is 2.15. The highest BCUT2D eigenvalue weighted by molar-refractivity contribution is 5.96. The minimum absolute atomic E-state index is 0.00981. The van der Waals surface area contributed by atoms with E-state index in [-0.39, 0.29) is 11.7 Å². The minimum Gasteiger partial charge on any atom is -0.507 e. The van der Waals surface area contributed by atoms with Crippen LogP contribution in [0.15, 0.2) is 24.3 Å². The van der Waals surface area contributed by atoms with Crippen molar-refractivity contribution in [1.29, 1.82) is 0 Å². The molecule has 2 N–H and O–H groups in total. The van der Waals surface area contributed by atoms with Gasteiger partial charge in [0, 0.05) is 19.4 Å². The molecule has 21 heavy (non-hydrogen) atoms. The molecule has 0 aliphatic carbocycles. The molecule has 1 aromatic rings. The molecule has 0 spiro atoms. The average molecular weight is 291 g/mol. The number of carbonyl (C=O) groups is 2. The number of amides is 1. The van der Waals surface area contributed by atoms with Gasteiger partial charge >= 0.3 is 0 Å². The second kappa shape index (κ2) is 9.97. The fourth-order valence-corrected chi connectivity index (χ4v) is 2.12. The number of aromatic hydroxyl groups is 1. The van der Waals surface area contributed by atoms with Crippen molar-refractivity contribution >= 4 is 11.7 Å². The Labute approximate surface area is 126 Å². The number of nitrogens with one attached hydrogen (secondary N) is 1. The first-order valence-corrected chi connectivity index (χ1v) is 7.73. The highest BCUT2D eigenvalue weighted by atomic mass is 16.3. The summed E-state index contributed by atoms with van der Waals surface area (Å²) in [5, 5.41) is 12.4. The second-order valence-corrected chi connectivity index (χ2v) is 5.18. The van der Waals surface area contributed by atoms with E-state index in [1.165, 1.54) is 6.07 Å². The lowest BCUT2D eigenvalue weighted by atomic mass is 10.1. The molecule has 0 radical (unpaired) electrons. The lowest BCUT2D eigenvalue weighted by Crippen LogP contribution is -2.24. The molecule has 0 saturated carbocycles. The Morgan fingerprint density at radius 2 is 1.71 bits per heavy atom. The summed E-state index contributed by atoms with van der Waals surface area (Å²) in [7, 11) is 0. The van der Waals surface area contributed by atoms with Gasteiger partial charge in [-0.05, 0) is 25.0 Å². The number of benzene rings is 1. The van der Waals surface area contributed by atoms with Gasteiger partial charge in [-0.15, -0.1) is 0 Å². The third-order valence-corrected chi connectivity index (χ3v) is 3.46. The second-order valence-electron chi connectivity index (χ2n) is 5.18. The van der Waals surface area contributed by atoms with Gasteiger partial charge in [0.2, 0.25) is 0 Å². The summed E-state index contributed by atoms with van der Waals surface area (Å²) < 4.78 is 0. The predicted molar refractivity (Wildman–Crippen MR) is 83.4 cm³/mol. The number of ketones is 1. The number of unbranched alkanes of at least 4 members (excludes halogenated alkanes) is 4. The Morgan fingerprint density at radius 3 is 2.43 bits per heavy atom. The fraction of sp³-hybridized carbons (Fsp3) is 0.529. The first kappa shape index (κ1) is 17.2. The Balaban J connectivity index is 2.06. The summed E-state index contributed by atoms with van der Waals surface area (Å²) in [4.78, 5) is 22.9. The van der Waals surface area contributed by atoms with E-state index < -0.39 is 0 Å². The van der Waals surface area contributed by atoms with Crippen LogP contribution in [0.4, 0.5) is 0 Å². The normalized spacial score (nSPS) is 10.3. The van der Waals surface area contributed by atoms with Crippen molar-refractivity contribution in [1.82, 2.24) is 5.32 Å². The Kier molecular flexibility index (Phi) is 8.17. The zero-order chi connectivity index (χ0) is 15.5. The molecule has 0 bridgehead atoms. The molecule has 0 aliphatic rings. The number of hydrogen-bond donors (Lipinski definition) is 2. The van der Waals surface area contributed by atoms with Gasteiger partial charge in [0.1, 0.15) is 11.5 Å². The number of hydrogen-bond acceptors (Lipinski definition) is 3. The largest absolute Gasteiger partial charge is 0.507 e. The Bertz CT molecular complexity index is 457. The summed E-state index contributed by atoms with van der Waals surface area (Å²) in [5.74, 6) is 0.113. The van der Waals surface area contributed by atoms with Gasteiger partial charge < -0.3 is 10.4 Å². The third kappa shape index (κ3) is 6.93. The molecule has 0 aliphatic heterocycles. The molecule has 4 nitrogen and oxygen atoms in total. The maximum Gasteiger partial charge on any atom is 0.255 e. The van der Waals surface area contributed by atoms with E-state index in [1.54, 1.807) is 18.2 Å². The van der Waals surface area contributed by atoms with Gasteiger partial charge in [0.15, 0.2) is 0 Å². The molecule has 0 heterocycles. The molecule has 1 rings (SSSR count). The topological polar surface area (TPSA) is 66.4 Å². The van der Waals surface area contributed by atoms with Gasteiger partial charge in [-0.2, -0.15) is 0 Å². The van der Waals surface area contributed by atoms with Crippen molar-refractivity contribution in [3.8, 4) is 5.75 Å². The SMILES string of the molecule is CCC(=O)CCCCCCCNC(=O)c1ccccc1O. The first-order valence-electron chi connectivity index (χ1n) is 7.73. The monoisotopic (exact) mass is 291 g/mol. The fourth-order valence-electron chi connectivity index (χ4n) is 2.12. The van der Waals surface area contributed by atoms with E-state index in [9.17, 15) is 14.7 Å². The number of phenolic OH excluding ortho intramolecular Hbond substituents is 1. The van der Waals surface area contributed by atoms with Gasteiger partial charge in [-0.25, -0.2) is 0 Å². The smallest absolute Gasteiger partial charge is 0.255 e. The molecule has 0 saturated heterocycles. The molecule has 116 valence electrons. The van der Waals surface area contributed by atoms with Gasteiger partial charge in [-0.1, -0.05) is 38.3 Å². The van der Waals surface area contributed by atoms with Crippen LogP contribution >= 0.6 is 0 Å². The van der Waals surface area contributed by atoms with E-state index in [0.717, 1.165) is 32.1 Å². The number of Topliss-reactive ketones (excluding diaryl/α,β-unsaturated/α-hetero) is 1. The zero-order valence-electron chi connectivity index (χ0n) is 12.7. The van der Waals surface area contributed by atoms with Crippen molar-refractivity contribution in [3.63, 3.8) is 0 Å². The summed E-state index contributed by atoms with van der Waals surface area (Å²) in [6.45, 7) is 2.51. The predicted octanol–water partition coefficient (Wildman–Crippen LogP) is 3.44. The summed E-state index contributed by atoms with van der Waals surface area (Å²) in [5.41, 5.74) is 0.315. The highest BCUT2D eigenvalue weighted by Gasteiger charge is 2.08. The Hall–Kier alpha value is -1.84. The van der Waals surface area contributed by atoms with Crippen molar-refractivity contribution in [2.24, 2.45) is 0 Å². The van der Waals surface area contributed by atoms with Crippen LogP contribution in [0, 0.1) is 0 Å². The van der Waals surface area contributed by atoms with Crippen molar-refractivity contribution in [2.45, 2.75) is 51.9 Å². The summed E-state index contributed by atoms with van der Waals surface area (Å²) in [6.07, 6.45) is 6.42. The maximum absolute atomic E-state index is 11.8. The zero-order valence-corrected chi connectivity index (χ0v) is 12.7. The van der Waals surface area contributed by atoms with Crippen LogP contribution < -0.4 is 5.32 Å². The van der Waals surface area contributed by atoms with E-state index in [2.05, 4.69) is 5.32 Å². The van der Waals surface area contributed by atoms with E-state index >= 15 is 0 Å². The van der Waals surface area contributed by atoms with Crippen molar-refractivity contribution < 1.29 is 14.7 Å². The van der Waals surface area contributed by atoms with Crippen LogP contribution in [0.25, 0.3) is 0 Å². The quantitative estimate of drug-likeness (QED) is 0.649. The molecule has 0 fully saturated rings. The number of para-hydroxylation sites is 1. The molecule has 0 unspecified atom stereocenters. The van der Waals surface area contributed by atoms with Crippen molar-refractivity contribution in [2.75, 3.05) is 6.54 Å². The van der Waals surface area contributed by atoms with Crippen LogP contribution in [-0.4, -0.2) is 23.3 Å². The average Bonchev–Trinajstić information content (AvgIpc) is 2.49. The third-order valence-electron chi connectivity index (χ3n) is 3.46. The lowest BCUT2D eigenvalue weighted by Gasteiger charge is -2.06. The first-order chi connectivity index (χ1) is 10.1. The molecule has 0 atom stereocenters. The van der Waals surface area contributed by atoms with Gasteiger partial charge in [0.25, 0.3) is 5.91 Å². The molecule has 1 amide bonds. The van der Waals surface area contributed by atoms with Crippen LogP contribution in [0.2, 0.25) is 0 Å². The molecule has 0 aromatic heterocycles. The Morgan fingerprint density at radius 1 is 1.05 bits per heavy atom. The molecule has 4 heteroatoms. The van der Waals surface area contributed by atoms with Gasteiger partial charge in [0.05, 0.1) is 5.56 Å². The molecule has 1 aromatic carbocycles. The van der Waals surface area contributed by atoms with Crippen molar-refractivity contribution in [3.05, 3.63) is 29.8 Å². The minimum atomic E-state index is -0.235.